The minimum absolute atomic E-state index is 0.317. The van der Waals surface area contributed by atoms with Gasteiger partial charge in [-0.15, -0.1) is 11.6 Å². The molecule has 2 aromatic heterocycles. The van der Waals surface area contributed by atoms with Crippen LogP contribution in [-0.2, 0) is 5.88 Å². The molecule has 2 rings (SSSR count). The number of H-pyrrole nitrogens is 1. The van der Waals surface area contributed by atoms with Gasteiger partial charge in [0.15, 0.2) is 5.82 Å². The van der Waals surface area contributed by atoms with Crippen LogP contribution in [0.4, 0.5) is 0 Å². The molecule has 0 unspecified atom stereocenters. The van der Waals surface area contributed by atoms with Crippen LogP contribution in [0.1, 0.15) is 11.6 Å². The lowest BCUT2D eigenvalue weighted by atomic mass is 10.4. The van der Waals surface area contributed by atoms with E-state index in [9.17, 15) is 0 Å². The van der Waals surface area contributed by atoms with Gasteiger partial charge in [0.1, 0.15) is 17.3 Å². The summed E-state index contributed by atoms with van der Waals surface area (Å²) in [5, 5.41) is 6.71. The molecule has 14 heavy (non-hydrogen) atoms. The summed E-state index contributed by atoms with van der Waals surface area (Å²) in [6, 6.07) is 1.76. The van der Waals surface area contributed by atoms with Gasteiger partial charge in [0.25, 0.3) is 0 Å². The van der Waals surface area contributed by atoms with Crippen LogP contribution in [0.3, 0.4) is 0 Å². The van der Waals surface area contributed by atoms with E-state index in [-0.39, 0.29) is 0 Å². The topological polar surface area (TPSA) is 67.3 Å². The molecule has 0 aromatic carbocycles. The van der Waals surface area contributed by atoms with Gasteiger partial charge in [0, 0.05) is 6.20 Å². The van der Waals surface area contributed by atoms with Crippen molar-refractivity contribution < 1.29 is 0 Å². The number of halogens is 1. The third-order valence-electron chi connectivity index (χ3n) is 1.66. The normalized spacial score (nSPS) is 10.4. The molecular formula is C8H8ClN5. The van der Waals surface area contributed by atoms with Crippen LogP contribution in [0.15, 0.2) is 12.3 Å². The number of aromatic nitrogens is 5. The standard InChI is InChI=1S/C8H8ClN5/c1-5-10-3-2-6(11-5)8-12-7(4-9)13-14-8/h2-3H,4H2,1H3,(H,12,13,14). The number of alkyl halides is 1. The molecule has 0 spiro atoms. The molecule has 0 aliphatic carbocycles. The second-order valence-corrected chi connectivity index (χ2v) is 3.00. The molecule has 1 N–H and O–H groups in total. The Balaban J connectivity index is 2.39. The molecule has 72 valence electrons. The molecule has 0 aliphatic heterocycles. The summed E-state index contributed by atoms with van der Waals surface area (Å²) in [6.07, 6.45) is 1.67. The minimum Gasteiger partial charge on any atom is -0.262 e. The maximum atomic E-state index is 5.59. The van der Waals surface area contributed by atoms with E-state index in [2.05, 4.69) is 25.1 Å². The average Bonchev–Trinajstić information content (AvgIpc) is 2.66. The van der Waals surface area contributed by atoms with E-state index in [1.54, 1.807) is 12.3 Å². The molecule has 6 heteroatoms. The van der Waals surface area contributed by atoms with Crippen LogP contribution in [0, 0.1) is 6.92 Å². The van der Waals surface area contributed by atoms with Crippen molar-refractivity contribution in [1.82, 2.24) is 25.1 Å². The second kappa shape index (κ2) is 3.71. The first-order valence-corrected chi connectivity index (χ1v) is 4.60. The number of hydrogen-bond donors (Lipinski definition) is 1. The second-order valence-electron chi connectivity index (χ2n) is 2.73. The van der Waals surface area contributed by atoms with Crippen LogP contribution in [-0.4, -0.2) is 25.1 Å². The summed E-state index contributed by atoms with van der Waals surface area (Å²) in [6.45, 7) is 1.82. The summed E-state index contributed by atoms with van der Waals surface area (Å²) < 4.78 is 0. The van der Waals surface area contributed by atoms with Gasteiger partial charge < -0.3 is 0 Å². The average molecular weight is 210 g/mol. The van der Waals surface area contributed by atoms with Gasteiger partial charge in [0.05, 0.1) is 5.88 Å². The zero-order chi connectivity index (χ0) is 9.97. The maximum Gasteiger partial charge on any atom is 0.199 e. The number of aryl methyl sites for hydroxylation is 1. The Bertz CT molecular complexity index is 439. The molecule has 5 nitrogen and oxygen atoms in total. The van der Waals surface area contributed by atoms with Gasteiger partial charge in [-0.2, -0.15) is 5.10 Å². The molecule has 0 saturated heterocycles. The van der Waals surface area contributed by atoms with Crippen LogP contribution < -0.4 is 0 Å². The van der Waals surface area contributed by atoms with Crippen molar-refractivity contribution in [2.45, 2.75) is 12.8 Å². The molecular weight excluding hydrogens is 202 g/mol. The fourth-order valence-electron chi connectivity index (χ4n) is 1.05. The fourth-order valence-corrected chi connectivity index (χ4v) is 1.17. The first-order chi connectivity index (χ1) is 6.79. The Morgan fingerprint density at radius 2 is 2.29 bits per heavy atom. The predicted octanol–water partition coefficient (Wildman–Crippen LogP) is 1.31. The molecule has 2 aromatic rings. The SMILES string of the molecule is Cc1nccc(-c2n[nH]c(CCl)n2)n1. The van der Waals surface area contributed by atoms with Gasteiger partial charge in [-0.1, -0.05) is 0 Å². The van der Waals surface area contributed by atoms with Gasteiger partial charge in [0.2, 0.25) is 0 Å². The molecule has 0 bridgehead atoms. The van der Waals surface area contributed by atoms with Crippen molar-refractivity contribution >= 4 is 11.6 Å². The van der Waals surface area contributed by atoms with Gasteiger partial charge in [-0.25, -0.2) is 15.0 Å². The Labute approximate surface area is 85.6 Å². The highest BCUT2D eigenvalue weighted by molar-refractivity contribution is 6.16. The Morgan fingerprint density at radius 1 is 1.43 bits per heavy atom. The lowest BCUT2D eigenvalue weighted by Crippen LogP contribution is -1.91. The van der Waals surface area contributed by atoms with Gasteiger partial charge in [-0.3, -0.25) is 5.10 Å². The molecule has 0 fully saturated rings. The van der Waals surface area contributed by atoms with Crippen molar-refractivity contribution in [3.8, 4) is 11.5 Å². The van der Waals surface area contributed by atoms with Crippen molar-refractivity contribution in [2.24, 2.45) is 0 Å². The van der Waals surface area contributed by atoms with Crippen LogP contribution in [0.2, 0.25) is 0 Å². The summed E-state index contributed by atoms with van der Waals surface area (Å²) in [5.41, 5.74) is 0.699. The molecule has 2 heterocycles. The maximum absolute atomic E-state index is 5.59. The number of hydrogen-bond acceptors (Lipinski definition) is 4. The third-order valence-corrected chi connectivity index (χ3v) is 1.92. The van der Waals surface area contributed by atoms with Crippen molar-refractivity contribution in [3.63, 3.8) is 0 Å². The van der Waals surface area contributed by atoms with Gasteiger partial charge >= 0.3 is 0 Å². The van der Waals surface area contributed by atoms with E-state index in [0.717, 1.165) is 0 Å². The van der Waals surface area contributed by atoms with E-state index in [0.29, 0.717) is 29.0 Å². The first-order valence-electron chi connectivity index (χ1n) is 4.07. The van der Waals surface area contributed by atoms with Crippen molar-refractivity contribution in [2.75, 3.05) is 0 Å². The monoisotopic (exact) mass is 209 g/mol. The van der Waals surface area contributed by atoms with Crippen LogP contribution in [0.25, 0.3) is 11.5 Å². The summed E-state index contributed by atoms with van der Waals surface area (Å²) in [7, 11) is 0. The quantitative estimate of drug-likeness (QED) is 0.758. The number of nitrogens with one attached hydrogen (secondary N) is 1. The number of rotatable bonds is 2. The molecule has 0 saturated carbocycles. The Morgan fingerprint density at radius 3 is 2.93 bits per heavy atom. The van der Waals surface area contributed by atoms with E-state index >= 15 is 0 Å². The van der Waals surface area contributed by atoms with Crippen molar-refractivity contribution in [1.29, 1.82) is 0 Å². The molecule has 0 aliphatic rings. The van der Waals surface area contributed by atoms with Crippen LogP contribution >= 0.6 is 11.6 Å². The fraction of sp³-hybridized carbons (Fsp3) is 0.250. The zero-order valence-electron chi connectivity index (χ0n) is 7.53. The minimum atomic E-state index is 0.317. The lowest BCUT2D eigenvalue weighted by molar-refractivity contribution is 1.01. The molecule has 0 radical (unpaired) electrons. The first kappa shape index (κ1) is 9.08. The highest BCUT2D eigenvalue weighted by Crippen LogP contribution is 2.10. The van der Waals surface area contributed by atoms with E-state index in [1.165, 1.54) is 0 Å². The summed E-state index contributed by atoms with van der Waals surface area (Å²) >= 11 is 5.59. The van der Waals surface area contributed by atoms with Crippen molar-refractivity contribution in [3.05, 3.63) is 23.9 Å². The Hall–Kier alpha value is -1.49. The number of nitrogens with zero attached hydrogens (tertiary/aromatic N) is 4. The summed E-state index contributed by atoms with van der Waals surface area (Å²) in [4.78, 5) is 12.3. The summed E-state index contributed by atoms with van der Waals surface area (Å²) in [5.74, 6) is 2.20. The molecule has 0 atom stereocenters. The smallest absolute Gasteiger partial charge is 0.199 e. The van der Waals surface area contributed by atoms with Crippen LogP contribution in [0.5, 0.6) is 0 Å². The van der Waals surface area contributed by atoms with E-state index in [4.69, 9.17) is 11.6 Å². The third kappa shape index (κ3) is 1.72. The van der Waals surface area contributed by atoms with Gasteiger partial charge in [-0.05, 0) is 13.0 Å². The highest BCUT2D eigenvalue weighted by atomic mass is 35.5. The highest BCUT2D eigenvalue weighted by Gasteiger charge is 2.06. The lowest BCUT2D eigenvalue weighted by Gasteiger charge is -1.94. The zero-order valence-corrected chi connectivity index (χ0v) is 8.28. The van der Waals surface area contributed by atoms with E-state index < -0.39 is 0 Å². The largest absolute Gasteiger partial charge is 0.262 e. The predicted molar refractivity (Wildman–Crippen MR) is 51.7 cm³/mol. The van der Waals surface area contributed by atoms with E-state index in [1.807, 2.05) is 6.92 Å². The molecule has 0 amide bonds. The Kier molecular flexibility index (Phi) is 2.41. The number of aromatic amines is 1.